The summed E-state index contributed by atoms with van der Waals surface area (Å²) in [7, 11) is 0. The van der Waals surface area contributed by atoms with Crippen LogP contribution in [0.4, 0.5) is 0 Å². The van der Waals surface area contributed by atoms with Gasteiger partial charge < -0.3 is 9.47 Å². The first-order chi connectivity index (χ1) is 11.6. The minimum absolute atomic E-state index is 0.0253. The molecule has 2 rings (SSSR count). The first-order valence-electron chi connectivity index (χ1n) is 7.04. The summed E-state index contributed by atoms with van der Waals surface area (Å²) in [6, 6.07) is 14.0. The van der Waals surface area contributed by atoms with Crippen molar-refractivity contribution in [2.24, 2.45) is 0 Å². The molecular weight excluding hydrogens is 351 g/mol. The molecule has 6 heteroatoms. The summed E-state index contributed by atoms with van der Waals surface area (Å²) in [6.45, 7) is 0.0506. The van der Waals surface area contributed by atoms with Crippen molar-refractivity contribution < 1.29 is 19.1 Å². The fourth-order valence-corrected chi connectivity index (χ4v) is 2.14. The van der Waals surface area contributed by atoms with Crippen molar-refractivity contribution in [3.8, 4) is 0 Å². The summed E-state index contributed by atoms with van der Waals surface area (Å²) in [5, 5.41) is 1.02. The van der Waals surface area contributed by atoms with E-state index in [-0.39, 0.29) is 13.2 Å². The molecule has 0 N–H and O–H groups in total. The van der Waals surface area contributed by atoms with E-state index in [0.29, 0.717) is 21.2 Å². The lowest BCUT2D eigenvalue weighted by Crippen LogP contribution is -2.05. The van der Waals surface area contributed by atoms with Crippen LogP contribution in [-0.4, -0.2) is 11.9 Å². The molecule has 2 aromatic carbocycles. The van der Waals surface area contributed by atoms with Crippen molar-refractivity contribution in [2.45, 2.75) is 13.2 Å². The number of esters is 2. The molecule has 0 aliphatic carbocycles. The van der Waals surface area contributed by atoms with Crippen molar-refractivity contribution in [1.82, 2.24) is 0 Å². The number of benzene rings is 2. The van der Waals surface area contributed by atoms with Gasteiger partial charge in [0.05, 0.1) is 0 Å². The van der Waals surface area contributed by atoms with Gasteiger partial charge in [-0.15, -0.1) is 0 Å². The Balaban J connectivity index is 1.78. The Hall–Kier alpha value is -2.30. The molecule has 0 aliphatic heterocycles. The van der Waals surface area contributed by atoms with Crippen molar-refractivity contribution in [1.29, 1.82) is 0 Å². The third-order valence-electron chi connectivity index (χ3n) is 3.01. The second-order valence-electron chi connectivity index (χ2n) is 4.73. The van der Waals surface area contributed by atoms with Gasteiger partial charge >= 0.3 is 11.9 Å². The van der Waals surface area contributed by atoms with E-state index in [1.165, 1.54) is 0 Å². The summed E-state index contributed by atoms with van der Waals surface area (Å²) in [6.07, 6.45) is 2.01. The molecule has 0 heterocycles. The van der Waals surface area contributed by atoms with Crippen molar-refractivity contribution in [2.75, 3.05) is 0 Å². The van der Waals surface area contributed by atoms with E-state index in [1.54, 1.807) is 48.5 Å². The summed E-state index contributed by atoms with van der Waals surface area (Å²) in [4.78, 5) is 23.2. The van der Waals surface area contributed by atoms with Crippen LogP contribution in [0.5, 0.6) is 0 Å². The Morgan fingerprint density at radius 1 is 0.750 bits per heavy atom. The zero-order chi connectivity index (χ0) is 17.4. The molecule has 24 heavy (non-hydrogen) atoms. The van der Waals surface area contributed by atoms with Crippen molar-refractivity contribution >= 4 is 35.1 Å². The molecule has 0 aromatic heterocycles. The summed E-state index contributed by atoms with van der Waals surface area (Å²) < 4.78 is 10.0. The van der Waals surface area contributed by atoms with E-state index in [1.807, 2.05) is 0 Å². The van der Waals surface area contributed by atoms with Gasteiger partial charge in [0.15, 0.2) is 0 Å². The Bertz CT molecular complexity index is 693. The summed E-state index contributed by atoms with van der Waals surface area (Å²) >= 11 is 11.9. The van der Waals surface area contributed by atoms with E-state index in [2.05, 4.69) is 0 Å². The van der Waals surface area contributed by atoms with Gasteiger partial charge in [0.25, 0.3) is 0 Å². The minimum Gasteiger partial charge on any atom is -0.458 e. The second kappa shape index (κ2) is 9.11. The fourth-order valence-electron chi connectivity index (χ4n) is 1.76. The molecule has 0 radical (unpaired) electrons. The first-order valence-corrected chi connectivity index (χ1v) is 7.80. The predicted octanol–water partition coefficient (Wildman–Crippen LogP) is 4.34. The van der Waals surface area contributed by atoms with E-state index >= 15 is 0 Å². The topological polar surface area (TPSA) is 52.6 Å². The smallest absolute Gasteiger partial charge is 0.331 e. The molecule has 0 atom stereocenters. The lowest BCUT2D eigenvalue weighted by atomic mass is 10.2. The fraction of sp³-hybridized carbons (Fsp3) is 0.111. The molecule has 0 fully saturated rings. The van der Waals surface area contributed by atoms with Gasteiger partial charge in [-0.1, -0.05) is 59.6 Å². The highest BCUT2D eigenvalue weighted by molar-refractivity contribution is 6.31. The standard InChI is InChI=1S/C18H14Cl2O4/c19-15-7-3-1-5-13(15)11-23-17(21)9-10-18(22)24-12-14-6-2-4-8-16(14)20/h1-10H,11-12H2/b10-9-. The van der Waals surface area contributed by atoms with Gasteiger partial charge in [0.1, 0.15) is 13.2 Å². The SMILES string of the molecule is O=C(/C=C\C(=O)OCc1ccccc1Cl)OCc1ccccc1Cl. The van der Waals surface area contributed by atoms with E-state index < -0.39 is 11.9 Å². The van der Waals surface area contributed by atoms with Gasteiger partial charge in [-0.05, 0) is 12.1 Å². The Morgan fingerprint density at radius 3 is 1.50 bits per heavy atom. The average molecular weight is 365 g/mol. The zero-order valence-corrected chi connectivity index (χ0v) is 14.1. The number of halogens is 2. The van der Waals surface area contributed by atoms with Crippen LogP contribution in [-0.2, 0) is 32.3 Å². The van der Waals surface area contributed by atoms with Crippen LogP contribution in [0.3, 0.4) is 0 Å². The van der Waals surface area contributed by atoms with Gasteiger partial charge in [0, 0.05) is 33.3 Å². The summed E-state index contributed by atoms with van der Waals surface area (Å²) in [5.74, 6) is -1.32. The first kappa shape index (κ1) is 18.0. The summed E-state index contributed by atoms with van der Waals surface area (Å²) in [5.41, 5.74) is 1.37. The molecule has 124 valence electrons. The van der Waals surface area contributed by atoms with Crippen LogP contribution < -0.4 is 0 Å². The van der Waals surface area contributed by atoms with Gasteiger partial charge in [-0.25, -0.2) is 9.59 Å². The van der Waals surface area contributed by atoms with Crippen LogP contribution in [0.25, 0.3) is 0 Å². The zero-order valence-electron chi connectivity index (χ0n) is 12.6. The molecule has 0 aliphatic rings. The molecule has 2 aromatic rings. The number of carbonyl (C=O) groups excluding carboxylic acids is 2. The Labute approximate surface area is 149 Å². The third kappa shape index (κ3) is 5.72. The second-order valence-corrected chi connectivity index (χ2v) is 5.55. The molecule has 0 saturated carbocycles. The lowest BCUT2D eigenvalue weighted by molar-refractivity contribution is -0.141. The van der Waals surface area contributed by atoms with Gasteiger partial charge in [-0.3, -0.25) is 0 Å². The monoisotopic (exact) mass is 364 g/mol. The number of hydrogen-bond donors (Lipinski definition) is 0. The van der Waals surface area contributed by atoms with Crippen LogP contribution in [0.1, 0.15) is 11.1 Å². The van der Waals surface area contributed by atoms with Crippen LogP contribution >= 0.6 is 23.2 Å². The van der Waals surface area contributed by atoms with Crippen LogP contribution in [0.2, 0.25) is 10.0 Å². The molecule has 0 unspecified atom stereocenters. The molecule has 0 saturated heterocycles. The van der Waals surface area contributed by atoms with E-state index in [4.69, 9.17) is 32.7 Å². The number of carbonyl (C=O) groups is 2. The van der Waals surface area contributed by atoms with E-state index in [0.717, 1.165) is 12.2 Å². The number of rotatable bonds is 6. The van der Waals surface area contributed by atoms with Crippen LogP contribution in [0, 0.1) is 0 Å². The highest BCUT2D eigenvalue weighted by Crippen LogP contribution is 2.16. The Kier molecular flexibility index (Phi) is 6.85. The molecular formula is C18H14Cl2O4. The highest BCUT2D eigenvalue weighted by Gasteiger charge is 2.05. The quantitative estimate of drug-likeness (QED) is 0.565. The molecule has 0 amide bonds. The average Bonchev–Trinajstić information content (AvgIpc) is 2.58. The maximum Gasteiger partial charge on any atom is 0.331 e. The lowest BCUT2D eigenvalue weighted by Gasteiger charge is -2.05. The maximum absolute atomic E-state index is 11.6. The Morgan fingerprint density at radius 2 is 1.12 bits per heavy atom. The number of ether oxygens (including phenoxy) is 2. The van der Waals surface area contributed by atoms with Crippen LogP contribution in [0.15, 0.2) is 60.7 Å². The highest BCUT2D eigenvalue weighted by atomic mass is 35.5. The van der Waals surface area contributed by atoms with Gasteiger partial charge in [-0.2, -0.15) is 0 Å². The van der Waals surface area contributed by atoms with E-state index in [9.17, 15) is 9.59 Å². The number of hydrogen-bond acceptors (Lipinski definition) is 4. The predicted molar refractivity (Wildman–Crippen MR) is 91.6 cm³/mol. The van der Waals surface area contributed by atoms with Gasteiger partial charge in [0.2, 0.25) is 0 Å². The van der Waals surface area contributed by atoms with Crippen molar-refractivity contribution in [3.63, 3.8) is 0 Å². The maximum atomic E-state index is 11.6. The largest absolute Gasteiger partial charge is 0.458 e. The molecule has 0 bridgehead atoms. The third-order valence-corrected chi connectivity index (χ3v) is 3.75. The minimum atomic E-state index is -0.662. The molecule has 0 spiro atoms. The van der Waals surface area contributed by atoms with Crippen molar-refractivity contribution in [3.05, 3.63) is 81.9 Å². The molecule has 4 nitrogen and oxygen atoms in total. The normalized spacial score (nSPS) is 10.6.